The maximum Gasteiger partial charge on any atom is -0.0157 e. The molecule has 0 heterocycles. The van der Waals surface area contributed by atoms with Crippen molar-refractivity contribution in [1.82, 2.24) is 0 Å². The van der Waals surface area contributed by atoms with E-state index in [1.54, 1.807) is 0 Å². The maximum atomic E-state index is 3.10. The second kappa shape index (κ2) is 12.0. The fourth-order valence-electron chi connectivity index (χ4n) is 0.853. The molecule has 80 valence electrons. The van der Waals surface area contributed by atoms with Gasteiger partial charge in [0.15, 0.2) is 0 Å². The smallest absolute Gasteiger partial charge is 0.0157 e. The molecule has 14 heavy (non-hydrogen) atoms. The van der Waals surface area contributed by atoms with Gasteiger partial charge in [0.2, 0.25) is 0 Å². The van der Waals surface area contributed by atoms with E-state index in [4.69, 9.17) is 0 Å². The fraction of sp³-hybridized carbons (Fsp3) is 0.500. The number of hydrogen-bond donors (Lipinski definition) is 0. The minimum atomic E-state index is 1.05. The van der Waals surface area contributed by atoms with E-state index in [9.17, 15) is 0 Å². The van der Waals surface area contributed by atoms with E-state index in [2.05, 4.69) is 31.7 Å². The van der Waals surface area contributed by atoms with Gasteiger partial charge in [0.1, 0.15) is 0 Å². The lowest BCUT2D eigenvalue weighted by molar-refractivity contribution is 1.28. The third kappa shape index (κ3) is 9.09. The SMILES string of the molecule is C/C1=C/C/C=C(/C)C=C=C1.CC.CC. The number of hydrogen-bond acceptors (Lipinski definition) is 0. The first-order valence-corrected chi connectivity index (χ1v) is 5.55. The van der Waals surface area contributed by atoms with Gasteiger partial charge < -0.3 is 0 Å². The van der Waals surface area contributed by atoms with Gasteiger partial charge in [-0.3, -0.25) is 0 Å². The van der Waals surface area contributed by atoms with Gasteiger partial charge in [-0.25, -0.2) is 0 Å². The zero-order valence-electron chi connectivity index (χ0n) is 10.5. The Morgan fingerprint density at radius 3 is 1.57 bits per heavy atom. The Kier molecular flexibility index (Phi) is 13.3. The molecule has 0 bridgehead atoms. The van der Waals surface area contributed by atoms with Crippen molar-refractivity contribution in [3.05, 3.63) is 41.2 Å². The Morgan fingerprint density at radius 1 is 0.857 bits per heavy atom. The molecule has 0 aromatic carbocycles. The molecule has 1 aliphatic carbocycles. The Balaban J connectivity index is 0. The van der Waals surface area contributed by atoms with E-state index in [1.165, 1.54) is 11.1 Å². The third-order valence-corrected chi connectivity index (χ3v) is 1.50. The van der Waals surface area contributed by atoms with Crippen LogP contribution < -0.4 is 0 Å². The average Bonchev–Trinajstić information content (AvgIpc) is 2.21. The van der Waals surface area contributed by atoms with Gasteiger partial charge >= 0.3 is 0 Å². The van der Waals surface area contributed by atoms with E-state index < -0.39 is 0 Å². The molecule has 0 N–H and O–H groups in total. The molecule has 0 radical (unpaired) electrons. The highest BCUT2D eigenvalue weighted by Crippen LogP contribution is 2.04. The minimum Gasteiger partial charge on any atom is -0.120 e. The van der Waals surface area contributed by atoms with Gasteiger partial charge in [-0.1, -0.05) is 39.8 Å². The molecule has 0 nitrogen and oxygen atoms in total. The van der Waals surface area contributed by atoms with Crippen molar-refractivity contribution < 1.29 is 0 Å². The van der Waals surface area contributed by atoms with Crippen LogP contribution in [0, 0.1) is 0 Å². The fourth-order valence-corrected chi connectivity index (χ4v) is 0.853. The van der Waals surface area contributed by atoms with Crippen LogP contribution in [-0.2, 0) is 0 Å². The van der Waals surface area contributed by atoms with Crippen molar-refractivity contribution in [3.63, 3.8) is 0 Å². The van der Waals surface area contributed by atoms with E-state index in [0.717, 1.165) is 6.42 Å². The highest BCUT2D eigenvalue weighted by Gasteiger charge is 1.84. The van der Waals surface area contributed by atoms with Crippen LogP contribution in [0.1, 0.15) is 48.0 Å². The zero-order valence-corrected chi connectivity index (χ0v) is 10.5. The lowest BCUT2D eigenvalue weighted by atomic mass is 10.1. The van der Waals surface area contributed by atoms with Gasteiger partial charge in [0.25, 0.3) is 0 Å². The monoisotopic (exact) mass is 192 g/mol. The summed E-state index contributed by atoms with van der Waals surface area (Å²) < 4.78 is 0. The summed E-state index contributed by atoms with van der Waals surface area (Å²) in [5, 5.41) is 0. The highest BCUT2D eigenvalue weighted by atomic mass is 13.9. The topological polar surface area (TPSA) is 0 Å². The molecule has 0 aromatic heterocycles. The molecular formula is C14H24. The molecule has 0 saturated carbocycles. The van der Waals surface area contributed by atoms with Gasteiger partial charge in [-0.15, -0.1) is 5.73 Å². The molecular weight excluding hydrogens is 168 g/mol. The molecule has 0 aliphatic heterocycles. The summed E-state index contributed by atoms with van der Waals surface area (Å²) in [6, 6.07) is 0. The predicted octanol–water partition coefficient (Wildman–Crippen LogP) is 5.05. The van der Waals surface area contributed by atoms with Gasteiger partial charge in [0, 0.05) is 0 Å². The van der Waals surface area contributed by atoms with Crippen molar-refractivity contribution in [2.75, 3.05) is 0 Å². The Hall–Kier alpha value is -1.00. The average molecular weight is 192 g/mol. The predicted molar refractivity (Wildman–Crippen MR) is 67.5 cm³/mol. The zero-order chi connectivity index (χ0) is 11.4. The van der Waals surface area contributed by atoms with Crippen molar-refractivity contribution in [1.29, 1.82) is 0 Å². The van der Waals surface area contributed by atoms with Crippen LogP contribution in [-0.4, -0.2) is 0 Å². The van der Waals surface area contributed by atoms with Crippen LogP contribution in [0.5, 0.6) is 0 Å². The van der Waals surface area contributed by atoms with Crippen molar-refractivity contribution in [3.8, 4) is 0 Å². The third-order valence-electron chi connectivity index (χ3n) is 1.50. The summed E-state index contributed by atoms with van der Waals surface area (Å²) >= 11 is 0. The largest absolute Gasteiger partial charge is 0.120 e. The molecule has 0 saturated heterocycles. The quantitative estimate of drug-likeness (QED) is 0.471. The first kappa shape index (κ1) is 15.5. The summed E-state index contributed by atoms with van der Waals surface area (Å²) in [6.07, 6.45) is 9.46. The van der Waals surface area contributed by atoms with Crippen molar-refractivity contribution in [2.24, 2.45) is 0 Å². The Bertz CT molecular complexity index is 211. The standard InChI is InChI=1S/C10H12.2C2H6/c1-9-5-3-7-10(2)8-4-6-9;2*1-2/h5-8H,3H2,1-2H3;2*1-2H3/b9-5-,10-7-;;. The van der Waals surface area contributed by atoms with Crippen LogP contribution in [0.15, 0.2) is 41.2 Å². The molecule has 0 amide bonds. The summed E-state index contributed by atoms with van der Waals surface area (Å²) in [6.45, 7) is 12.2. The molecule has 0 unspecified atom stereocenters. The van der Waals surface area contributed by atoms with E-state index in [1.807, 2.05) is 39.8 Å². The normalized spacial score (nSPS) is 20.7. The van der Waals surface area contributed by atoms with Crippen molar-refractivity contribution in [2.45, 2.75) is 48.0 Å². The summed E-state index contributed by atoms with van der Waals surface area (Å²) in [4.78, 5) is 0. The molecule has 0 fully saturated rings. The Labute approximate surface area is 89.7 Å². The molecule has 0 atom stereocenters. The lowest BCUT2D eigenvalue weighted by Gasteiger charge is -1.93. The van der Waals surface area contributed by atoms with Crippen LogP contribution in [0.25, 0.3) is 0 Å². The molecule has 1 rings (SSSR count). The maximum absolute atomic E-state index is 3.10. The minimum absolute atomic E-state index is 1.05. The van der Waals surface area contributed by atoms with Gasteiger partial charge in [-0.05, 0) is 43.6 Å². The van der Waals surface area contributed by atoms with E-state index in [0.29, 0.717) is 0 Å². The molecule has 1 aliphatic rings. The van der Waals surface area contributed by atoms with Crippen LogP contribution in [0.4, 0.5) is 0 Å². The number of allylic oxidation sites excluding steroid dienone is 5. The summed E-state index contributed by atoms with van der Waals surface area (Å²) in [5.41, 5.74) is 5.68. The van der Waals surface area contributed by atoms with Crippen LogP contribution in [0.3, 0.4) is 0 Å². The summed E-state index contributed by atoms with van der Waals surface area (Å²) in [5.74, 6) is 0. The second-order valence-electron chi connectivity index (χ2n) is 2.59. The Morgan fingerprint density at radius 2 is 1.21 bits per heavy atom. The van der Waals surface area contributed by atoms with Crippen molar-refractivity contribution >= 4 is 0 Å². The van der Waals surface area contributed by atoms with Gasteiger partial charge in [0.05, 0.1) is 0 Å². The second-order valence-corrected chi connectivity index (χ2v) is 2.59. The van der Waals surface area contributed by atoms with E-state index in [-0.39, 0.29) is 0 Å². The summed E-state index contributed by atoms with van der Waals surface area (Å²) in [7, 11) is 0. The lowest BCUT2D eigenvalue weighted by Crippen LogP contribution is -1.73. The first-order valence-electron chi connectivity index (χ1n) is 5.55. The number of rotatable bonds is 0. The highest BCUT2D eigenvalue weighted by molar-refractivity contribution is 5.25. The molecule has 0 spiro atoms. The molecule has 0 heteroatoms. The van der Waals surface area contributed by atoms with Crippen LogP contribution >= 0.6 is 0 Å². The first-order chi connectivity index (χ1) is 6.79. The van der Waals surface area contributed by atoms with E-state index >= 15 is 0 Å². The molecule has 0 aromatic rings. The van der Waals surface area contributed by atoms with Crippen LogP contribution in [0.2, 0.25) is 0 Å². The van der Waals surface area contributed by atoms with Gasteiger partial charge in [-0.2, -0.15) is 0 Å².